The van der Waals surface area contributed by atoms with Crippen LogP contribution in [0.3, 0.4) is 0 Å². The highest BCUT2D eigenvalue weighted by atomic mass is 35.5. The molecule has 0 aliphatic carbocycles. The van der Waals surface area contributed by atoms with Crippen molar-refractivity contribution in [2.24, 2.45) is 0 Å². The highest BCUT2D eigenvalue weighted by Gasteiger charge is 2.21. The van der Waals surface area contributed by atoms with Crippen LogP contribution in [-0.2, 0) is 16.6 Å². The lowest BCUT2D eigenvalue weighted by Gasteiger charge is -2.14. The molecule has 1 aromatic carbocycles. The van der Waals surface area contributed by atoms with Crippen LogP contribution < -0.4 is 10.0 Å². The second-order valence-electron chi connectivity index (χ2n) is 4.43. The minimum absolute atomic E-state index is 0.0169. The Kier molecular flexibility index (Phi) is 6.08. The van der Waals surface area contributed by atoms with Crippen LogP contribution >= 0.6 is 23.2 Å². The van der Waals surface area contributed by atoms with Gasteiger partial charge in [-0.3, -0.25) is 0 Å². The van der Waals surface area contributed by atoms with E-state index >= 15 is 0 Å². The number of halogens is 2. The lowest BCUT2D eigenvalue weighted by Crippen LogP contribution is -2.30. The molecule has 0 aliphatic heterocycles. The highest BCUT2D eigenvalue weighted by Crippen LogP contribution is 2.29. The van der Waals surface area contributed by atoms with Crippen molar-refractivity contribution in [3.05, 3.63) is 27.7 Å². The van der Waals surface area contributed by atoms with Gasteiger partial charge in [-0.15, -0.1) is 0 Å². The molecule has 19 heavy (non-hydrogen) atoms. The van der Waals surface area contributed by atoms with Gasteiger partial charge in [0.25, 0.3) is 0 Å². The Bertz CT molecular complexity index is 545. The third-order valence-corrected chi connectivity index (χ3v) is 4.78. The normalized spacial score (nSPS) is 12.1. The lowest BCUT2D eigenvalue weighted by molar-refractivity contribution is 0.569. The van der Waals surface area contributed by atoms with Crippen molar-refractivity contribution in [3.8, 4) is 0 Å². The van der Waals surface area contributed by atoms with Crippen molar-refractivity contribution in [1.82, 2.24) is 10.0 Å². The van der Waals surface area contributed by atoms with E-state index in [9.17, 15) is 8.42 Å². The lowest BCUT2D eigenvalue weighted by atomic mass is 10.2. The number of benzene rings is 1. The molecule has 1 rings (SSSR count). The van der Waals surface area contributed by atoms with Crippen molar-refractivity contribution in [2.75, 3.05) is 6.54 Å². The predicted octanol–water partition coefficient (Wildman–Crippen LogP) is 2.79. The molecule has 0 bridgehead atoms. The summed E-state index contributed by atoms with van der Waals surface area (Å²) in [5.41, 5.74) is 0.667. The molecule has 0 spiro atoms. The van der Waals surface area contributed by atoms with E-state index in [-0.39, 0.29) is 16.0 Å². The van der Waals surface area contributed by atoms with E-state index in [0.29, 0.717) is 17.1 Å². The van der Waals surface area contributed by atoms with E-state index in [1.165, 1.54) is 6.07 Å². The topological polar surface area (TPSA) is 58.2 Å². The zero-order valence-electron chi connectivity index (χ0n) is 11.1. The Hall–Kier alpha value is -0.330. The second-order valence-corrected chi connectivity index (χ2v) is 6.93. The van der Waals surface area contributed by atoms with Crippen LogP contribution in [0.1, 0.15) is 26.3 Å². The fourth-order valence-corrected chi connectivity index (χ4v) is 3.76. The zero-order valence-corrected chi connectivity index (χ0v) is 13.5. The summed E-state index contributed by atoms with van der Waals surface area (Å²) in [6, 6.07) is 2.82. The summed E-state index contributed by atoms with van der Waals surface area (Å²) >= 11 is 12.1. The van der Waals surface area contributed by atoms with E-state index < -0.39 is 10.0 Å². The quantitative estimate of drug-likeness (QED) is 0.845. The highest BCUT2D eigenvalue weighted by molar-refractivity contribution is 7.89. The molecule has 0 saturated carbocycles. The van der Waals surface area contributed by atoms with Crippen molar-refractivity contribution in [3.63, 3.8) is 0 Å². The van der Waals surface area contributed by atoms with Gasteiger partial charge < -0.3 is 5.32 Å². The summed E-state index contributed by atoms with van der Waals surface area (Å²) in [5, 5.41) is 3.65. The molecule has 0 heterocycles. The van der Waals surface area contributed by atoms with E-state index in [1.54, 1.807) is 19.9 Å². The molecular formula is C12H18Cl2N2O2S. The first-order valence-electron chi connectivity index (χ1n) is 5.99. The molecule has 1 aromatic rings. The maximum Gasteiger partial charge on any atom is 0.242 e. The van der Waals surface area contributed by atoms with E-state index in [4.69, 9.17) is 23.2 Å². The Morgan fingerprint density at radius 1 is 1.26 bits per heavy atom. The first-order valence-corrected chi connectivity index (χ1v) is 8.22. The van der Waals surface area contributed by atoms with Crippen molar-refractivity contribution in [1.29, 1.82) is 0 Å². The number of sulfonamides is 1. The smallest absolute Gasteiger partial charge is 0.242 e. The Morgan fingerprint density at radius 2 is 1.89 bits per heavy atom. The van der Waals surface area contributed by atoms with Crippen LogP contribution in [0.25, 0.3) is 0 Å². The van der Waals surface area contributed by atoms with Crippen LogP contribution in [0.15, 0.2) is 17.0 Å². The van der Waals surface area contributed by atoms with Gasteiger partial charge in [-0.1, -0.05) is 30.1 Å². The van der Waals surface area contributed by atoms with E-state index in [2.05, 4.69) is 10.0 Å². The Balaban J connectivity index is 3.24. The van der Waals surface area contributed by atoms with Crippen LogP contribution in [0.4, 0.5) is 0 Å². The van der Waals surface area contributed by atoms with E-state index in [0.717, 1.165) is 6.54 Å². The number of hydrogen-bond acceptors (Lipinski definition) is 3. The molecule has 0 aliphatic rings. The van der Waals surface area contributed by atoms with Crippen molar-refractivity contribution >= 4 is 33.2 Å². The Morgan fingerprint density at radius 3 is 2.42 bits per heavy atom. The van der Waals surface area contributed by atoms with Crippen LogP contribution in [0, 0.1) is 0 Å². The maximum absolute atomic E-state index is 12.2. The number of hydrogen-bond donors (Lipinski definition) is 2. The van der Waals surface area contributed by atoms with Gasteiger partial charge in [0.15, 0.2) is 0 Å². The minimum Gasteiger partial charge on any atom is -0.313 e. The summed E-state index contributed by atoms with van der Waals surface area (Å²) in [4.78, 5) is 0.0169. The van der Waals surface area contributed by atoms with Crippen molar-refractivity contribution < 1.29 is 8.42 Å². The third kappa shape index (κ3) is 4.61. The SMILES string of the molecule is CCNCc1cc(Cl)cc(S(=O)(=O)NC(C)C)c1Cl. The maximum atomic E-state index is 12.2. The van der Waals surface area contributed by atoms with Crippen LogP contribution in [-0.4, -0.2) is 21.0 Å². The molecule has 2 N–H and O–H groups in total. The molecule has 0 fully saturated rings. The molecule has 0 radical (unpaired) electrons. The summed E-state index contributed by atoms with van der Waals surface area (Å²) in [6.45, 7) is 6.68. The fourth-order valence-electron chi connectivity index (χ4n) is 1.58. The summed E-state index contributed by atoms with van der Waals surface area (Å²) in [5.74, 6) is 0. The number of nitrogens with one attached hydrogen (secondary N) is 2. The molecule has 108 valence electrons. The molecule has 0 amide bonds. The minimum atomic E-state index is -3.65. The van der Waals surface area contributed by atoms with Gasteiger partial charge in [-0.05, 0) is 38.1 Å². The second kappa shape index (κ2) is 6.90. The van der Waals surface area contributed by atoms with Gasteiger partial charge in [-0.2, -0.15) is 0 Å². The molecule has 0 saturated heterocycles. The standard InChI is InChI=1S/C12H18Cl2N2O2S/c1-4-15-7-9-5-10(13)6-11(12(9)14)19(17,18)16-8(2)3/h5-6,8,15-16H,4,7H2,1-3H3. The first-order chi connectivity index (χ1) is 8.77. The van der Waals surface area contributed by atoms with Gasteiger partial charge in [0.1, 0.15) is 4.90 Å². The number of rotatable bonds is 6. The summed E-state index contributed by atoms with van der Waals surface area (Å²) in [6.07, 6.45) is 0. The molecule has 0 atom stereocenters. The first kappa shape index (κ1) is 16.7. The van der Waals surface area contributed by atoms with Gasteiger partial charge in [0, 0.05) is 17.6 Å². The molecular weight excluding hydrogens is 307 g/mol. The zero-order chi connectivity index (χ0) is 14.6. The molecule has 0 aromatic heterocycles. The largest absolute Gasteiger partial charge is 0.313 e. The Labute approximate surface area is 124 Å². The fraction of sp³-hybridized carbons (Fsp3) is 0.500. The van der Waals surface area contributed by atoms with Gasteiger partial charge in [0.2, 0.25) is 10.0 Å². The van der Waals surface area contributed by atoms with Gasteiger partial charge in [-0.25, -0.2) is 13.1 Å². The summed E-state index contributed by atoms with van der Waals surface area (Å²) in [7, 11) is -3.65. The average molecular weight is 325 g/mol. The van der Waals surface area contributed by atoms with Crippen LogP contribution in [0.5, 0.6) is 0 Å². The molecule has 4 nitrogen and oxygen atoms in total. The summed E-state index contributed by atoms with van der Waals surface area (Å²) < 4.78 is 26.8. The van der Waals surface area contributed by atoms with Crippen molar-refractivity contribution in [2.45, 2.75) is 38.3 Å². The molecule has 7 heteroatoms. The average Bonchev–Trinajstić information content (AvgIpc) is 2.28. The van der Waals surface area contributed by atoms with Gasteiger partial charge >= 0.3 is 0 Å². The molecule has 0 unspecified atom stereocenters. The monoisotopic (exact) mass is 324 g/mol. The predicted molar refractivity (Wildman–Crippen MR) is 79.3 cm³/mol. The van der Waals surface area contributed by atoms with Crippen LogP contribution in [0.2, 0.25) is 10.0 Å². The third-order valence-electron chi connectivity index (χ3n) is 2.33. The van der Waals surface area contributed by atoms with Gasteiger partial charge in [0.05, 0.1) is 5.02 Å². The van der Waals surface area contributed by atoms with E-state index in [1.807, 2.05) is 6.92 Å².